The zero-order valence-electron chi connectivity index (χ0n) is 7.88. The van der Waals surface area contributed by atoms with Gasteiger partial charge in [-0.2, -0.15) is 0 Å². The molecular weight excluding hydrogens is 148 g/mol. The van der Waals surface area contributed by atoms with E-state index in [-0.39, 0.29) is 0 Å². The molecule has 0 aliphatic heterocycles. The van der Waals surface area contributed by atoms with Gasteiger partial charge in [0.05, 0.1) is 0 Å². The van der Waals surface area contributed by atoms with Crippen LogP contribution in [0.1, 0.15) is 45.4 Å². The van der Waals surface area contributed by atoms with Gasteiger partial charge >= 0.3 is 0 Å². The second-order valence-electron chi connectivity index (χ2n) is 4.50. The molecule has 0 radical (unpaired) electrons. The van der Waals surface area contributed by atoms with Crippen LogP contribution in [0.4, 0.5) is 0 Å². The van der Waals surface area contributed by atoms with Crippen LogP contribution in [-0.2, 0) is 4.79 Å². The van der Waals surface area contributed by atoms with Gasteiger partial charge in [0.25, 0.3) is 0 Å². The number of rotatable bonds is 1. The van der Waals surface area contributed by atoms with Gasteiger partial charge in [-0.1, -0.05) is 19.3 Å². The Balaban J connectivity index is 2.05. The molecule has 0 bridgehead atoms. The van der Waals surface area contributed by atoms with E-state index in [2.05, 4.69) is 0 Å². The Labute approximate surface area is 74.5 Å². The van der Waals surface area contributed by atoms with Crippen LogP contribution in [0.15, 0.2) is 0 Å². The smallest absolute Gasteiger partial charge is 0.133 e. The maximum absolute atomic E-state index is 11.3. The lowest BCUT2D eigenvalue weighted by atomic mass is 9.77. The van der Waals surface area contributed by atoms with Crippen LogP contribution in [0, 0.1) is 17.8 Å². The summed E-state index contributed by atoms with van der Waals surface area (Å²) in [5.41, 5.74) is 0. The summed E-state index contributed by atoms with van der Waals surface area (Å²) >= 11 is 0. The minimum absolute atomic E-state index is 0.440. The fraction of sp³-hybridized carbons (Fsp3) is 0.909. The van der Waals surface area contributed by atoms with Gasteiger partial charge in [-0.25, -0.2) is 0 Å². The van der Waals surface area contributed by atoms with Crippen molar-refractivity contribution in [2.75, 3.05) is 0 Å². The highest BCUT2D eigenvalue weighted by Crippen LogP contribution is 2.45. The molecule has 2 rings (SSSR count). The SMILES string of the molecule is CC(=O)[C@@H]1CC[C@@H]2CCCC[C@H]21. The van der Waals surface area contributed by atoms with E-state index >= 15 is 0 Å². The molecule has 2 fully saturated rings. The first-order valence-corrected chi connectivity index (χ1v) is 5.29. The summed E-state index contributed by atoms with van der Waals surface area (Å²) in [6.45, 7) is 1.78. The lowest BCUT2D eigenvalue weighted by Crippen LogP contribution is -2.23. The summed E-state index contributed by atoms with van der Waals surface area (Å²) in [6.07, 6.45) is 8.01. The third kappa shape index (κ3) is 1.30. The van der Waals surface area contributed by atoms with E-state index in [9.17, 15) is 4.79 Å². The van der Waals surface area contributed by atoms with Gasteiger partial charge in [0.15, 0.2) is 0 Å². The van der Waals surface area contributed by atoms with E-state index in [1.54, 1.807) is 6.92 Å². The van der Waals surface area contributed by atoms with Crippen molar-refractivity contribution >= 4 is 5.78 Å². The topological polar surface area (TPSA) is 17.1 Å². The maximum atomic E-state index is 11.3. The summed E-state index contributed by atoms with van der Waals surface area (Å²) < 4.78 is 0. The highest BCUT2D eigenvalue weighted by molar-refractivity contribution is 5.78. The first-order chi connectivity index (χ1) is 5.79. The third-order valence-electron chi connectivity index (χ3n) is 3.86. The quantitative estimate of drug-likeness (QED) is 0.585. The Kier molecular flexibility index (Phi) is 2.20. The number of hydrogen-bond donors (Lipinski definition) is 0. The lowest BCUT2D eigenvalue weighted by Gasteiger charge is -2.27. The lowest BCUT2D eigenvalue weighted by molar-refractivity contribution is -0.122. The van der Waals surface area contributed by atoms with Crippen molar-refractivity contribution in [3.63, 3.8) is 0 Å². The Morgan fingerprint density at radius 3 is 2.58 bits per heavy atom. The van der Waals surface area contributed by atoms with E-state index in [0.717, 1.165) is 11.8 Å². The Morgan fingerprint density at radius 2 is 1.83 bits per heavy atom. The molecule has 2 aliphatic rings. The average Bonchev–Trinajstić information content (AvgIpc) is 2.47. The molecular formula is C11H18O. The molecule has 0 aromatic carbocycles. The van der Waals surface area contributed by atoms with Crippen molar-refractivity contribution in [2.45, 2.75) is 45.4 Å². The zero-order chi connectivity index (χ0) is 8.55. The van der Waals surface area contributed by atoms with Crippen LogP contribution in [0.25, 0.3) is 0 Å². The van der Waals surface area contributed by atoms with Crippen molar-refractivity contribution in [3.8, 4) is 0 Å². The second kappa shape index (κ2) is 3.20. The standard InChI is InChI=1S/C11H18O/c1-8(12)10-7-6-9-4-2-3-5-11(9)10/h9-11H,2-7H2,1H3/t9-,10-,11+/m0/s1. The highest BCUT2D eigenvalue weighted by atomic mass is 16.1. The highest BCUT2D eigenvalue weighted by Gasteiger charge is 2.39. The number of ketones is 1. The maximum Gasteiger partial charge on any atom is 0.133 e. The van der Waals surface area contributed by atoms with E-state index in [4.69, 9.17) is 0 Å². The molecule has 0 unspecified atom stereocenters. The fourth-order valence-electron chi connectivity index (χ4n) is 3.24. The van der Waals surface area contributed by atoms with E-state index in [1.165, 1.54) is 38.5 Å². The van der Waals surface area contributed by atoms with Gasteiger partial charge in [0, 0.05) is 5.92 Å². The summed E-state index contributed by atoms with van der Waals surface area (Å²) in [4.78, 5) is 11.3. The third-order valence-corrected chi connectivity index (χ3v) is 3.86. The second-order valence-corrected chi connectivity index (χ2v) is 4.50. The first-order valence-electron chi connectivity index (χ1n) is 5.29. The molecule has 68 valence electrons. The number of hydrogen-bond acceptors (Lipinski definition) is 1. The van der Waals surface area contributed by atoms with E-state index in [0.29, 0.717) is 11.7 Å². The number of fused-ring (bicyclic) bond motifs is 1. The summed E-state index contributed by atoms with van der Waals surface area (Å²) in [5, 5.41) is 0. The van der Waals surface area contributed by atoms with Crippen LogP contribution in [0.2, 0.25) is 0 Å². The normalized spacial score (nSPS) is 40.9. The van der Waals surface area contributed by atoms with Crippen LogP contribution in [0.5, 0.6) is 0 Å². The van der Waals surface area contributed by atoms with Crippen molar-refractivity contribution in [1.82, 2.24) is 0 Å². The van der Waals surface area contributed by atoms with Crippen LogP contribution in [-0.4, -0.2) is 5.78 Å². The molecule has 2 aliphatic carbocycles. The molecule has 1 nitrogen and oxygen atoms in total. The Morgan fingerprint density at radius 1 is 1.08 bits per heavy atom. The average molecular weight is 166 g/mol. The van der Waals surface area contributed by atoms with Gasteiger partial charge in [-0.3, -0.25) is 4.79 Å². The van der Waals surface area contributed by atoms with Crippen molar-refractivity contribution in [3.05, 3.63) is 0 Å². The van der Waals surface area contributed by atoms with Gasteiger partial charge in [-0.05, 0) is 38.0 Å². The largest absolute Gasteiger partial charge is 0.300 e. The minimum Gasteiger partial charge on any atom is -0.300 e. The number of Topliss-reactive ketones (excluding diaryl/α,β-unsaturated/α-hetero) is 1. The molecule has 3 atom stereocenters. The van der Waals surface area contributed by atoms with Crippen molar-refractivity contribution in [1.29, 1.82) is 0 Å². The van der Waals surface area contributed by atoms with Crippen LogP contribution >= 0.6 is 0 Å². The molecule has 0 saturated heterocycles. The molecule has 0 heterocycles. The molecule has 12 heavy (non-hydrogen) atoms. The van der Waals surface area contributed by atoms with Gasteiger partial charge in [0.1, 0.15) is 5.78 Å². The number of carbonyl (C=O) groups is 1. The molecule has 1 heteroatoms. The van der Waals surface area contributed by atoms with Gasteiger partial charge in [-0.15, -0.1) is 0 Å². The predicted molar refractivity (Wildman–Crippen MR) is 48.9 cm³/mol. The van der Waals surface area contributed by atoms with Gasteiger partial charge in [0.2, 0.25) is 0 Å². The molecule has 0 spiro atoms. The zero-order valence-corrected chi connectivity index (χ0v) is 7.88. The fourth-order valence-corrected chi connectivity index (χ4v) is 3.24. The van der Waals surface area contributed by atoms with Gasteiger partial charge < -0.3 is 0 Å². The minimum atomic E-state index is 0.440. The molecule has 0 N–H and O–H groups in total. The van der Waals surface area contributed by atoms with E-state index in [1.807, 2.05) is 0 Å². The first kappa shape index (κ1) is 8.28. The van der Waals surface area contributed by atoms with Crippen LogP contribution in [0.3, 0.4) is 0 Å². The molecule has 0 amide bonds. The molecule has 0 aromatic rings. The summed E-state index contributed by atoms with van der Waals surface area (Å²) in [5.74, 6) is 2.57. The van der Waals surface area contributed by atoms with Crippen molar-refractivity contribution in [2.24, 2.45) is 17.8 Å². The summed E-state index contributed by atoms with van der Waals surface area (Å²) in [6, 6.07) is 0. The van der Waals surface area contributed by atoms with Crippen LogP contribution < -0.4 is 0 Å². The summed E-state index contributed by atoms with van der Waals surface area (Å²) in [7, 11) is 0. The molecule has 2 saturated carbocycles. The monoisotopic (exact) mass is 166 g/mol. The molecule has 0 aromatic heterocycles. The van der Waals surface area contributed by atoms with E-state index < -0.39 is 0 Å². The Bertz CT molecular complexity index is 185. The number of carbonyl (C=O) groups excluding carboxylic acids is 1. The Hall–Kier alpha value is -0.330. The van der Waals surface area contributed by atoms with Crippen molar-refractivity contribution < 1.29 is 4.79 Å². The predicted octanol–water partition coefficient (Wildman–Crippen LogP) is 2.79.